The van der Waals surface area contributed by atoms with E-state index in [1.54, 1.807) is 0 Å². The number of carbonyl (C=O) groups is 6. The Morgan fingerprint density at radius 3 is 2.64 bits per heavy atom. The standard InChI is InChI=1S/C15H21N5O8/c1-28-14(26)17-18-6-4-11(22)19-5-2-3-10(20(19)15(18)27)13(25)16-9(8-21)7-12(23)24/h8-10H,2-7H2,1H3,(H,16,25)(H,17,26)(H,23,24). The molecule has 2 heterocycles. The molecule has 0 bridgehead atoms. The Kier molecular flexibility index (Phi) is 6.74. The molecule has 0 aromatic rings. The van der Waals surface area contributed by atoms with Gasteiger partial charge in [-0.25, -0.2) is 30.0 Å². The van der Waals surface area contributed by atoms with E-state index in [-0.39, 0.29) is 32.2 Å². The summed E-state index contributed by atoms with van der Waals surface area (Å²) in [6.45, 7) is 0.0801. The van der Waals surface area contributed by atoms with Crippen molar-refractivity contribution in [1.82, 2.24) is 25.8 Å². The van der Waals surface area contributed by atoms with Gasteiger partial charge in [0.05, 0.1) is 26.1 Å². The number of urea groups is 1. The maximum absolute atomic E-state index is 12.9. The lowest BCUT2D eigenvalue weighted by atomic mass is 10.1. The van der Waals surface area contributed by atoms with Crippen LogP contribution in [0.15, 0.2) is 0 Å². The lowest BCUT2D eigenvalue weighted by Gasteiger charge is -2.42. The van der Waals surface area contributed by atoms with Gasteiger partial charge in [0.2, 0.25) is 11.8 Å². The number of rotatable bonds is 6. The van der Waals surface area contributed by atoms with Gasteiger partial charge in [0.1, 0.15) is 12.3 Å². The van der Waals surface area contributed by atoms with E-state index < -0.39 is 48.4 Å². The van der Waals surface area contributed by atoms with Gasteiger partial charge in [0.15, 0.2) is 0 Å². The second kappa shape index (κ2) is 9.01. The minimum absolute atomic E-state index is 0.0868. The minimum Gasteiger partial charge on any atom is -0.481 e. The fraction of sp³-hybridized carbons (Fsp3) is 0.600. The summed E-state index contributed by atoms with van der Waals surface area (Å²) in [5.74, 6) is -2.47. The SMILES string of the molecule is COC(=O)NN1CCC(=O)N2CCCC(C(=O)NC(C=O)CC(=O)O)N2C1=O. The highest BCUT2D eigenvalue weighted by Gasteiger charge is 2.44. The smallest absolute Gasteiger partial charge is 0.425 e. The number of hydrazine groups is 2. The lowest BCUT2D eigenvalue weighted by molar-refractivity contribution is -0.155. The van der Waals surface area contributed by atoms with Gasteiger partial charge in [0, 0.05) is 13.0 Å². The molecule has 0 aromatic carbocycles. The van der Waals surface area contributed by atoms with Gasteiger partial charge < -0.3 is 20.0 Å². The minimum atomic E-state index is -1.28. The van der Waals surface area contributed by atoms with Crippen LogP contribution in [0.3, 0.4) is 0 Å². The monoisotopic (exact) mass is 399 g/mol. The first kappa shape index (κ1) is 20.9. The van der Waals surface area contributed by atoms with Crippen LogP contribution in [-0.2, 0) is 23.9 Å². The van der Waals surface area contributed by atoms with Crippen molar-refractivity contribution in [3.63, 3.8) is 0 Å². The van der Waals surface area contributed by atoms with Gasteiger partial charge in [-0.1, -0.05) is 0 Å². The van der Waals surface area contributed by atoms with Crippen molar-refractivity contribution < 1.29 is 38.6 Å². The highest BCUT2D eigenvalue weighted by Crippen LogP contribution is 2.23. The van der Waals surface area contributed by atoms with Crippen LogP contribution in [0.2, 0.25) is 0 Å². The Morgan fingerprint density at radius 2 is 2.04 bits per heavy atom. The quantitative estimate of drug-likeness (QED) is 0.451. The Bertz CT molecular complexity index is 683. The van der Waals surface area contributed by atoms with Crippen LogP contribution in [0.5, 0.6) is 0 Å². The second-order valence-electron chi connectivity index (χ2n) is 6.16. The molecule has 0 aromatic heterocycles. The molecule has 2 saturated heterocycles. The molecule has 154 valence electrons. The number of aldehydes is 1. The van der Waals surface area contributed by atoms with Crippen LogP contribution < -0.4 is 10.7 Å². The first-order chi connectivity index (χ1) is 13.3. The molecule has 2 aliphatic rings. The van der Waals surface area contributed by atoms with Gasteiger partial charge in [0.25, 0.3) is 0 Å². The molecule has 13 nitrogen and oxygen atoms in total. The first-order valence-electron chi connectivity index (χ1n) is 8.51. The summed E-state index contributed by atoms with van der Waals surface area (Å²) >= 11 is 0. The number of nitrogens with one attached hydrogen (secondary N) is 2. The van der Waals surface area contributed by atoms with E-state index in [0.29, 0.717) is 6.42 Å². The summed E-state index contributed by atoms with van der Waals surface area (Å²) in [6.07, 6.45) is -0.734. The summed E-state index contributed by atoms with van der Waals surface area (Å²) in [4.78, 5) is 71.2. The number of amides is 5. The van der Waals surface area contributed by atoms with Crippen LogP contribution in [0.1, 0.15) is 25.7 Å². The average Bonchev–Trinajstić information content (AvgIpc) is 2.78. The zero-order valence-corrected chi connectivity index (χ0v) is 15.1. The van der Waals surface area contributed by atoms with E-state index in [9.17, 15) is 28.8 Å². The van der Waals surface area contributed by atoms with E-state index in [4.69, 9.17) is 5.11 Å². The number of fused-ring (bicyclic) bond motifs is 1. The molecule has 0 spiro atoms. The van der Waals surface area contributed by atoms with E-state index in [0.717, 1.165) is 22.1 Å². The molecular formula is C15H21N5O8. The van der Waals surface area contributed by atoms with Crippen molar-refractivity contribution in [1.29, 1.82) is 0 Å². The van der Waals surface area contributed by atoms with E-state index >= 15 is 0 Å². The number of hydrogen-bond acceptors (Lipinski definition) is 7. The number of ether oxygens (including phenoxy) is 1. The van der Waals surface area contributed by atoms with Crippen LogP contribution in [0.4, 0.5) is 9.59 Å². The van der Waals surface area contributed by atoms with Crippen molar-refractivity contribution in [2.24, 2.45) is 0 Å². The number of nitrogens with zero attached hydrogens (tertiary/aromatic N) is 3. The molecule has 3 N–H and O–H groups in total. The number of carboxylic acid groups (broad SMARTS) is 1. The zero-order chi connectivity index (χ0) is 20.8. The Morgan fingerprint density at radius 1 is 1.32 bits per heavy atom. The Balaban J connectivity index is 2.24. The van der Waals surface area contributed by atoms with Crippen molar-refractivity contribution in [2.45, 2.75) is 37.8 Å². The van der Waals surface area contributed by atoms with E-state index in [2.05, 4.69) is 15.5 Å². The van der Waals surface area contributed by atoms with Crippen molar-refractivity contribution in [2.75, 3.05) is 20.2 Å². The maximum atomic E-state index is 12.9. The summed E-state index contributed by atoms with van der Waals surface area (Å²) < 4.78 is 4.45. The molecule has 2 unspecified atom stereocenters. The topological polar surface area (TPSA) is 166 Å². The van der Waals surface area contributed by atoms with Crippen molar-refractivity contribution >= 4 is 36.2 Å². The first-order valence-corrected chi connectivity index (χ1v) is 8.51. The van der Waals surface area contributed by atoms with Gasteiger partial charge in [-0.15, -0.1) is 0 Å². The fourth-order valence-corrected chi connectivity index (χ4v) is 2.97. The van der Waals surface area contributed by atoms with Gasteiger partial charge in [-0.3, -0.25) is 14.4 Å². The molecule has 0 saturated carbocycles. The van der Waals surface area contributed by atoms with Gasteiger partial charge in [-0.2, -0.15) is 0 Å². The summed E-state index contributed by atoms with van der Waals surface area (Å²) in [5.41, 5.74) is 2.19. The third-order valence-electron chi connectivity index (χ3n) is 4.27. The molecule has 5 amide bonds. The van der Waals surface area contributed by atoms with Crippen molar-refractivity contribution in [3.05, 3.63) is 0 Å². The molecule has 0 aliphatic carbocycles. The van der Waals surface area contributed by atoms with Gasteiger partial charge >= 0.3 is 18.1 Å². The molecule has 2 aliphatic heterocycles. The predicted molar refractivity (Wildman–Crippen MR) is 89.1 cm³/mol. The van der Waals surface area contributed by atoms with E-state index in [1.807, 2.05) is 0 Å². The summed E-state index contributed by atoms with van der Waals surface area (Å²) in [7, 11) is 1.11. The number of carbonyl (C=O) groups excluding carboxylic acids is 5. The predicted octanol–water partition coefficient (Wildman–Crippen LogP) is -1.55. The second-order valence-corrected chi connectivity index (χ2v) is 6.16. The molecule has 2 atom stereocenters. The third kappa shape index (κ3) is 4.66. The molecular weight excluding hydrogens is 378 g/mol. The Hall–Kier alpha value is -3.38. The molecule has 28 heavy (non-hydrogen) atoms. The highest BCUT2D eigenvalue weighted by molar-refractivity contribution is 5.92. The number of aliphatic carboxylic acids is 1. The largest absolute Gasteiger partial charge is 0.481 e. The Labute approximate surface area is 159 Å². The highest BCUT2D eigenvalue weighted by atomic mass is 16.5. The molecule has 13 heteroatoms. The van der Waals surface area contributed by atoms with Crippen LogP contribution in [-0.4, -0.2) is 88.6 Å². The fourth-order valence-electron chi connectivity index (χ4n) is 2.97. The maximum Gasteiger partial charge on any atom is 0.425 e. The van der Waals surface area contributed by atoms with Crippen LogP contribution in [0.25, 0.3) is 0 Å². The summed E-state index contributed by atoms with van der Waals surface area (Å²) in [5, 5.41) is 14.0. The van der Waals surface area contributed by atoms with Crippen molar-refractivity contribution in [3.8, 4) is 0 Å². The zero-order valence-electron chi connectivity index (χ0n) is 15.1. The number of carboxylic acids is 1. The third-order valence-corrected chi connectivity index (χ3v) is 4.27. The van der Waals surface area contributed by atoms with Gasteiger partial charge in [-0.05, 0) is 12.8 Å². The van der Waals surface area contributed by atoms with Crippen LogP contribution in [0, 0.1) is 0 Å². The van der Waals surface area contributed by atoms with Crippen LogP contribution >= 0.6 is 0 Å². The number of hydrogen-bond donors (Lipinski definition) is 3. The summed E-state index contributed by atoms with van der Waals surface area (Å²) in [6, 6.07) is -3.25. The molecule has 2 fully saturated rings. The van der Waals surface area contributed by atoms with E-state index in [1.165, 1.54) is 0 Å². The average molecular weight is 399 g/mol. The molecule has 2 rings (SSSR count). The number of methoxy groups -OCH3 is 1. The lowest BCUT2D eigenvalue weighted by Crippen LogP contribution is -2.64. The molecule has 0 radical (unpaired) electrons. The normalized spacial score (nSPS) is 20.6.